The summed E-state index contributed by atoms with van der Waals surface area (Å²) in [5.74, 6) is -0.745. The highest BCUT2D eigenvalue weighted by Gasteiger charge is 2.21. The first kappa shape index (κ1) is 15.9. The number of amides is 1. The summed E-state index contributed by atoms with van der Waals surface area (Å²) in [4.78, 5) is 12.4. The number of nitrogens with one attached hydrogen (secondary N) is 2. The zero-order valence-electron chi connectivity index (χ0n) is 12.6. The van der Waals surface area contributed by atoms with Crippen LogP contribution in [0.4, 0.5) is 4.39 Å². The first-order valence-corrected chi connectivity index (χ1v) is 7.83. The van der Waals surface area contributed by atoms with Gasteiger partial charge in [0.15, 0.2) is 5.69 Å². The van der Waals surface area contributed by atoms with E-state index < -0.39 is 5.82 Å². The largest absolute Gasteiger partial charge is 0.348 e. The van der Waals surface area contributed by atoms with Crippen molar-refractivity contribution in [1.29, 1.82) is 0 Å². The van der Waals surface area contributed by atoms with Gasteiger partial charge in [0.1, 0.15) is 5.82 Å². The average molecular weight is 338 g/mol. The molecule has 1 aromatic carbocycles. The number of carbonyl (C=O) groups excluding carboxylic acids is 1. The van der Waals surface area contributed by atoms with Gasteiger partial charge in [0.2, 0.25) is 0 Å². The minimum Gasteiger partial charge on any atom is -0.348 e. The van der Waals surface area contributed by atoms with Gasteiger partial charge in [-0.1, -0.05) is 16.8 Å². The van der Waals surface area contributed by atoms with Crippen LogP contribution in [0.2, 0.25) is 5.02 Å². The molecule has 1 aliphatic rings. The van der Waals surface area contributed by atoms with Crippen molar-refractivity contribution in [2.75, 3.05) is 13.1 Å². The Morgan fingerprint density at radius 2 is 2.17 bits per heavy atom. The van der Waals surface area contributed by atoms with Crippen LogP contribution < -0.4 is 10.6 Å². The average Bonchev–Trinajstić information content (AvgIpc) is 2.93. The van der Waals surface area contributed by atoms with Gasteiger partial charge >= 0.3 is 0 Å². The smallest absolute Gasteiger partial charge is 0.273 e. The van der Waals surface area contributed by atoms with E-state index in [0.717, 1.165) is 25.9 Å². The molecule has 0 bridgehead atoms. The molecule has 122 valence electrons. The summed E-state index contributed by atoms with van der Waals surface area (Å²) < 4.78 is 14.7. The van der Waals surface area contributed by atoms with Crippen LogP contribution in [0.1, 0.15) is 29.0 Å². The van der Waals surface area contributed by atoms with Crippen LogP contribution in [-0.4, -0.2) is 40.0 Å². The number of piperidine rings is 1. The zero-order chi connectivity index (χ0) is 16.4. The number of aromatic nitrogens is 3. The molecule has 8 heteroatoms. The van der Waals surface area contributed by atoms with E-state index >= 15 is 0 Å². The van der Waals surface area contributed by atoms with Gasteiger partial charge < -0.3 is 10.6 Å². The maximum atomic E-state index is 13.3. The molecule has 0 atom stereocenters. The lowest BCUT2D eigenvalue weighted by atomic mass is 10.1. The van der Waals surface area contributed by atoms with Crippen molar-refractivity contribution >= 4 is 17.5 Å². The van der Waals surface area contributed by atoms with E-state index in [4.69, 9.17) is 11.6 Å². The number of hydrogen-bond donors (Lipinski definition) is 2. The number of nitrogens with zero attached hydrogens (tertiary/aromatic N) is 3. The van der Waals surface area contributed by atoms with E-state index in [1.807, 2.05) is 0 Å². The van der Waals surface area contributed by atoms with Gasteiger partial charge in [0.25, 0.3) is 5.91 Å². The molecule has 6 nitrogen and oxygen atoms in total. The summed E-state index contributed by atoms with van der Waals surface area (Å²) in [5, 5.41) is 14.2. The van der Waals surface area contributed by atoms with Crippen molar-refractivity contribution in [3.63, 3.8) is 0 Å². The topological polar surface area (TPSA) is 71.8 Å². The van der Waals surface area contributed by atoms with Gasteiger partial charge in [0.05, 0.1) is 16.4 Å². The van der Waals surface area contributed by atoms with Crippen LogP contribution in [0.25, 0.3) is 5.69 Å². The van der Waals surface area contributed by atoms with Gasteiger partial charge in [-0.15, -0.1) is 5.10 Å². The molecule has 2 heterocycles. The molecule has 0 saturated carbocycles. The molecule has 0 aliphatic carbocycles. The molecular weight excluding hydrogens is 321 g/mol. The molecule has 1 saturated heterocycles. The Labute approximate surface area is 138 Å². The summed E-state index contributed by atoms with van der Waals surface area (Å²) >= 11 is 5.79. The molecule has 1 fully saturated rings. The second-order valence-corrected chi connectivity index (χ2v) is 5.94. The van der Waals surface area contributed by atoms with Gasteiger partial charge in [-0.3, -0.25) is 4.79 Å². The molecule has 2 aromatic rings. The summed E-state index contributed by atoms with van der Waals surface area (Å²) in [6.07, 6.45) is 1.79. The molecule has 0 spiro atoms. The first-order chi connectivity index (χ1) is 11.1. The quantitative estimate of drug-likeness (QED) is 0.896. The molecule has 3 rings (SSSR count). The number of halogens is 2. The lowest BCUT2D eigenvalue weighted by Crippen LogP contribution is -2.43. The van der Waals surface area contributed by atoms with Gasteiger partial charge in [-0.05, 0) is 51.1 Å². The van der Waals surface area contributed by atoms with E-state index in [0.29, 0.717) is 11.4 Å². The van der Waals surface area contributed by atoms with Crippen molar-refractivity contribution in [3.8, 4) is 5.69 Å². The number of carbonyl (C=O) groups is 1. The first-order valence-electron chi connectivity index (χ1n) is 7.45. The fourth-order valence-electron chi connectivity index (χ4n) is 2.62. The van der Waals surface area contributed by atoms with E-state index in [1.54, 1.807) is 6.92 Å². The highest BCUT2D eigenvalue weighted by Crippen LogP contribution is 2.20. The molecule has 0 radical (unpaired) electrons. The lowest BCUT2D eigenvalue weighted by molar-refractivity contribution is 0.0923. The molecule has 0 unspecified atom stereocenters. The molecule has 23 heavy (non-hydrogen) atoms. The van der Waals surface area contributed by atoms with Crippen LogP contribution >= 0.6 is 11.6 Å². The van der Waals surface area contributed by atoms with E-state index in [-0.39, 0.29) is 22.7 Å². The summed E-state index contributed by atoms with van der Waals surface area (Å²) in [5.41, 5.74) is 1.41. The van der Waals surface area contributed by atoms with E-state index in [9.17, 15) is 9.18 Å². The maximum absolute atomic E-state index is 13.3. The monoisotopic (exact) mass is 337 g/mol. The third-order valence-corrected chi connectivity index (χ3v) is 4.22. The van der Waals surface area contributed by atoms with Crippen LogP contribution in [0.5, 0.6) is 0 Å². The van der Waals surface area contributed by atoms with Crippen LogP contribution in [0.15, 0.2) is 18.2 Å². The second kappa shape index (κ2) is 6.64. The number of rotatable bonds is 3. The van der Waals surface area contributed by atoms with Crippen molar-refractivity contribution in [1.82, 2.24) is 25.6 Å². The van der Waals surface area contributed by atoms with Crippen molar-refractivity contribution in [2.45, 2.75) is 25.8 Å². The Morgan fingerprint density at radius 1 is 1.43 bits per heavy atom. The predicted molar refractivity (Wildman–Crippen MR) is 84.4 cm³/mol. The standard InChI is InChI=1S/C15H17ClFN5O/c1-9-14(15(23)19-10-4-6-18-7-5-10)20-21-22(9)11-2-3-13(17)12(16)8-11/h2-3,8,10,18H,4-7H2,1H3,(H,19,23). The van der Waals surface area contributed by atoms with Crippen molar-refractivity contribution < 1.29 is 9.18 Å². The zero-order valence-corrected chi connectivity index (χ0v) is 13.4. The normalized spacial score (nSPS) is 15.6. The van der Waals surface area contributed by atoms with Crippen molar-refractivity contribution in [2.24, 2.45) is 0 Å². The molecular formula is C15H17ClFN5O. The Hall–Kier alpha value is -1.99. The fourth-order valence-corrected chi connectivity index (χ4v) is 2.80. The highest BCUT2D eigenvalue weighted by molar-refractivity contribution is 6.30. The van der Waals surface area contributed by atoms with E-state index in [2.05, 4.69) is 20.9 Å². The lowest BCUT2D eigenvalue weighted by Gasteiger charge is -2.23. The van der Waals surface area contributed by atoms with Gasteiger partial charge in [-0.2, -0.15) is 0 Å². The van der Waals surface area contributed by atoms with Gasteiger partial charge in [-0.25, -0.2) is 9.07 Å². The third-order valence-electron chi connectivity index (χ3n) is 3.93. The number of hydrogen-bond acceptors (Lipinski definition) is 4. The molecule has 2 N–H and O–H groups in total. The molecule has 1 aromatic heterocycles. The molecule has 1 aliphatic heterocycles. The third kappa shape index (κ3) is 3.35. The second-order valence-electron chi connectivity index (χ2n) is 5.53. The Balaban J connectivity index is 1.80. The Kier molecular flexibility index (Phi) is 4.58. The molecule has 1 amide bonds. The van der Waals surface area contributed by atoms with Gasteiger partial charge in [0, 0.05) is 6.04 Å². The minimum atomic E-state index is -0.503. The van der Waals surface area contributed by atoms with Crippen LogP contribution in [-0.2, 0) is 0 Å². The number of benzene rings is 1. The summed E-state index contributed by atoms with van der Waals surface area (Å²) in [6, 6.07) is 4.39. The highest BCUT2D eigenvalue weighted by atomic mass is 35.5. The Morgan fingerprint density at radius 3 is 2.87 bits per heavy atom. The fraction of sp³-hybridized carbons (Fsp3) is 0.400. The van der Waals surface area contributed by atoms with Crippen LogP contribution in [0, 0.1) is 12.7 Å². The minimum absolute atomic E-state index is 0.00175. The SMILES string of the molecule is Cc1c(C(=O)NC2CCNCC2)nnn1-c1ccc(F)c(Cl)c1. The summed E-state index contributed by atoms with van der Waals surface area (Å²) in [7, 11) is 0. The Bertz CT molecular complexity index is 727. The van der Waals surface area contributed by atoms with E-state index in [1.165, 1.54) is 22.9 Å². The summed E-state index contributed by atoms with van der Waals surface area (Å²) in [6.45, 7) is 3.53. The predicted octanol–water partition coefficient (Wildman–Crippen LogP) is 1.85. The van der Waals surface area contributed by atoms with Crippen molar-refractivity contribution in [3.05, 3.63) is 40.4 Å². The van der Waals surface area contributed by atoms with Crippen LogP contribution in [0.3, 0.4) is 0 Å². The maximum Gasteiger partial charge on any atom is 0.273 e.